The van der Waals surface area contributed by atoms with Gasteiger partial charge in [0.05, 0.1) is 13.2 Å². The first-order chi connectivity index (χ1) is 18.2. The van der Waals surface area contributed by atoms with Gasteiger partial charge in [-0.05, 0) is 86.6 Å². The number of pyridine rings is 1. The normalized spacial score (nSPS) is 16.4. The molecule has 6 nitrogen and oxygen atoms in total. The fourth-order valence-corrected chi connectivity index (χ4v) is 4.45. The first-order valence-electron chi connectivity index (χ1n) is 13.8. The molecule has 0 atom stereocenters. The van der Waals surface area contributed by atoms with E-state index in [1.807, 2.05) is 69.9 Å². The molecule has 1 fully saturated rings. The number of unbranched alkanes of at least 4 members (excludes halogenated alkanes) is 1. The second-order valence-electron chi connectivity index (χ2n) is 9.69. The van der Waals surface area contributed by atoms with Crippen LogP contribution in [0.2, 0.25) is 0 Å². The van der Waals surface area contributed by atoms with Gasteiger partial charge in [0.15, 0.2) is 5.78 Å². The number of allylic oxidation sites excluding steroid dienone is 7. The molecule has 2 rings (SSSR count). The minimum atomic E-state index is -0.00801. The Kier molecular flexibility index (Phi) is 12.4. The summed E-state index contributed by atoms with van der Waals surface area (Å²) in [7, 11) is 0. The molecule has 1 aromatic rings. The summed E-state index contributed by atoms with van der Waals surface area (Å²) in [6, 6.07) is 1.84. The molecule has 0 spiro atoms. The third-order valence-corrected chi connectivity index (χ3v) is 6.90. The molecule has 1 saturated heterocycles. The number of amides is 1. The number of carbonyl (C=O) groups excluding carboxylic acids is 2. The minimum Gasteiger partial charge on any atom is -0.384 e. The summed E-state index contributed by atoms with van der Waals surface area (Å²) in [5.41, 5.74) is 12.9. The molecule has 1 aliphatic rings. The van der Waals surface area contributed by atoms with Crippen molar-refractivity contribution in [2.45, 2.75) is 74.1 Å². The number of aromatic nitrogens is 1. The molecule has 1 aliphatic heterocycles. The smallest absolute Gasteiger partial charge is 0.254 e. The zero-order valence-electron chi connectivity index (χ0n) is 24.3. The highest BCUT2D eigenvalue weighted by molar-refractivity contribution is 6.02. The largest absolute Gasteiger partial charge is 0.384 e. The van der Waals surface area contributed by atoms with E-state index >= 15 is 0 Å². The SMILES string of the molecule is C/C=C(C(\C)=C/C(C(=O)CC)=C(\C)CC)/C(=C/c1cnc(N)cc1C)C(=C/CCC)/C(=O)N1CCOCC1. The van der Waals surface area contributed by atoms with E-state index in [1.165, 1.54) is 0 Å². The number of nitrogen functional groups attached to an aromatic ring is 1. The lowest BCUT2D eigenvalue weighted by atomic mass is 9.87. The second-order valence-corrected chi connectivity index (χ2v) is 9.69. The van der Waals surface area contributed by atoms with Crippen molar-refractivity contribution in [1.82, 2.24) is 9.88 Å². The number of carbonyl (C=O) groups is 2. The minimum absolute atomic E-state index is 0.00801. The van der Waals surface area contributed by atoms with Gasteiger partial charge < -0.3 is 15.4 Å². The van der Waals surface area contributed by atoms with Crippen LogP contribution >= 0.6 is 0 Å². The fourth-order valence-electron chi connectivity index (χ4n) is 4.45. The van der Waals surface area contributed by atoms with Crippen molar-refractivity contribution in [2.24, 2.45) is 0 Å². The number of nitrogens with zero attached hydrogens (tertiary/aromatic N) is 2. The van der Waals surface area contributed by atoms with Gasteiger partial charge in [0, 0.05) is 36.9 Å². The van der Waals surface area contributed by atoms with Gasteiger partial charge in [0.2, 0.25) is 0 Å². The van der Waals surface area contributed by atoms with Gasteiger partial charge in [0.1, 0.15) is 5.82 Å². The average Bonchev–Trinajstić information content (AvgIpc) is 2.92. The Morgan fingerprint density at radius 3 is 2.32 bits per heavy atom. The van der Waals surface area contributed by atoms with Gasteiger partial charge in [0.25, 0.3) is 5.91 Å². The van der Waals surface area contributed by atoms with Crippen LogP contribution in [-0.4, -0.2) is 47.9 Å². The number of ketones is 1. The van der Waals surface area contributed by atoms with Crippen molar-refractivity contribution in [1.29, 1.82) is 0 Å². The van der Waals surface area contributed by atoms with Gasteiger partial charge in [-0.25, -0.2) is 4.98 Å². The first-order valence-corrected chi connectivity index (χ1v) is 13.8. The van der Waals surface area contributed by atoms with Crippen LogP contribution in [0.4, 0.5) is 5.82 Å². The van der Waals surface area contributed by atoms with E-state index in [0.29, 0.717) is 44.1 Å². The van der Waals surface area contributed by atoms with Gasteiger partial charge in [-0.1, -0.05) is 44.9 Å². The highest BCUT2D eigenvalue weighted by Gasteiger charge is 2.25. The van der Waals surface area contributed by atoms with Crippen LogP contribution in [-0.2, 0) is 14.3 Å². The van der Waals surface area contributed by atoms with Gasteiger partial charge >= 0.3 is 0 Å². The van der Waals surface area contributed by atoms with Crippen molar-refractivity contribution in [3.8, 4) is 0 Å². The van der Waals surface area contributed by atoms with Crippen LogP contribution in [0.3, 0.4) is 0 Å². The van der Waals surface area contributed by atoms with E-state index in [0.717, 1.165) is 58.3 Å². The molecule has 0 saturated carbocycles. The maximum atomic E-state index is 14.0. The summed E-state index contributed by atoms with van der Waals surface area (Å²) < 4.78 is 5.50. The Bertz CT molecular complexity index is 1160. The number of hydrogen-bond donors (Lipinski definition) is 1. The third kappa shape index (κ3) is 8.12. The molecule has 6 heteroatoms. The number of nitrogens with two attached hydrogens (primary N) is 1. The maximum absolute atomic E-state index is 14.0. The highest BCUT2D eigenvalue weighted by atomic mass is 16.5. The quantitative estimate of drug-likeness (QED) is 0.265. The number of aryl methyl sites for hydroxylation is 1. The third-order valence-electron chi connectivity index (χ3n) is 6.90. The summed E-state index contributed by atoms with van der Waals surface area (Å²) in [6.07, 6.45) is 12.8. The summed E-state index contributed by atoms with van der Waals surface area (Å²) in [6.45, 7) is 16.2. The molecule has 2 heterocycles. The summed E-state index contributed by atoms with van der Waals surface area (Å²) in [5, 5.41) is 0. The molecule has 1 amide bonds. The van der Waals surface area contributed by atoms with Crippen LogP contribution in [0.5, 0.6) is 0 Å². The fraction of sp³-hybridized carbons (Fsp3) is 0.469. The molecule has 0 aliphatic carbocycles. The zero-order valence-corrected chi connectivity index (χ0v) is 24.3. The average molecular weight is 520 g/mol. The lowest BCUT2D eigenvalue weighted by molar-refractivity contribution is -0.130. The maximum Gasteiger partial charge on any atom is 0.254 e. The second kappa shape index (κ2) is 15.2. The number of anilines is 1. The van der Waals surface area contributed by atoms with Crippen LogP contribution < -0.4 is 5.73 Å². The van der Waals surface area contributed by atoms with E-state index in [2.05, 4.69) is 18.8 Å². The number of hydrogen-bond acceptors (Lipinski definition) is 5. The predicted molar refractivity (Wildman–Crippen MR) is 158 cm³/mol. The van der Waals surface area contributed by atoms with Crippen molar-refractivity contribution in [3.05, 3.63) is 75.1 Å². The Labute approximate surface area is 229 Å². The molecule has 1 aromatic heterocycles. The molecule has 38 heavy (non-hydrogen) atoms. The van der Waals surface area contributed by atoms with E-state index in [1.54, 1.807) is 6.20 Å². The number of Topliss-reactive ketones (excluding diaryl/α,β-unsaturated/α-hetero) is 1. The van der Waals surface area contributed by atoms with Gasteiger partial charge in [-0.15, -0.1) is 0 Å². The van der Waals surface area contributed by atoms with Crippen LogP contribution in [0, 0.1) is 6.92 Å². The topological polar surface area (TPSA) is 85.5 Å². The molecular weight excluding hydrogens is 474 g/mol. The molecule has 0 unspecified atom stereocenters. The molecule has 2 N–H and O–H groups in total. The molecule has 0 bridgehead atoms. The molecule has 0 radical (unpaired) electrons. The zero-order chi connectivity index (χ0) is 28.2. The van der Waals surface area contributed by atoms with Crippen LogP contribution in [0.1, 0.15) is 78.4 Å². The standard InChI is InChI=1S/C32H45N3O3/c1-8-12-13-27(32(37)35-14-16-38-17-15-35)29(20-25-21-34-31(33)19-23(25)6)26(10-3)24(7)18-28(22(5)9-2)30(36)11-4/h10,13,18-21H,8-9,11-12,14-17H2,1-7H3,(H2,33,34)/b24-18-,26-10+,27-13-,28-22-,29-20-. The summed E-state index contributed by atoms with van der Waals surface area (Å²) >= 11 is 0. The van der Waals surface area contributed by atoms with Crippen molar-refractivity contribution in [2.75, 3.05) is 32.0 Å². The Morgan fingerprint density at radius 2 is 1.76 bits per heavy atom. The van der Waals surface area contributed by atoms with Crippen molar-refractivity contribution < 1.29 is 14.3 Å². The molecule has 206 valence electrons. The van der Waals surface area contributed by atoms with Crippen LogP contribution in [0.25, 0.3) is 6.08 Å². The Balaban J connectivity index is 2.80. The Morgan fingerprint density at radius 1 is 1.08 bits per heavy atom. The molecular formula is C32H45N3O3. The number of rotatable bonds is 11. The first kappa shape index (κ1) is 31.0. The van der Waals surface area contributed by atoms with E-state index in [4.69, 9.17) is 10.5 Å². The lowest BCUT2D eigenvalue weighted by Gasteiger charge is -2.29. The van der Waals surface area contributed by atoms with Gasteiger partial charge in [-0.2, -0.15) is 0 Å². The van der Waals surface area contributed by atoms with E-state index in [-0.39, 0.29) is 11.7 Å². The lowest BCUT2D eigenvalue weighted by Crippen LogP contribution is -2.41. The van der Waals surface area contributed by atoms with Gasteiger partial charge in [-0.3, -0.25) is 9.59 Å². The van der Waals surface area contributed by atoms with Crippen molar-refractivity contribution >= 4 is 23.6 Å². The summed E-state index contributed by atoms with van der Waals surface area (Å²) in [4.78, 5) is 33.0. The van der Waals surface area contributed by atoms with Crippen LogP contribution in [0.15, 0.2) is 63.9 Å². The van der Waals surface area contributed by atoms with E-state index < -0.39 is 0 Å². The number of morpholine rings is 1. The molecule has 0 aromatic carbocycles. The monoisotopic (exact) mass is 519 g/mol. The summed E-state index contributed by atoms with van der Waals surface area (Å²) in [5.74, 6) is 0.568. The highest BCUT2D eigenvalue weighted by Crippen LogP contribution is 2.32. The Hall–Kier alpha value is -3.25. The van der Waals surface area contributed by atoms with E-state index in [9.17, 15) is 9.59 Å². The van der Waals surface area contributed by atoms with Crippen molar-refractivity contribution in [3.63, 3.8) is 0 Å². The predicted octanol–water partition coefficient (Wildman–Crippen LogP) is 6.54. The number of ether oxygens (including phenoxy) is 1.